The van der Waals surface area contributed by atoms with Gasteiger partial charge in [0.15, 0.2) is 9.84 Å². The Labute approximate surface area is 144 Å². The van der Waals surface area contributed by atoms with E-state index in [1.807, 2.05) is 0 Å². The Morgan fingerprint density at radius 2 is 1.80 bits per heavy atom. The van der Waals surface area contributed by atoms with Crippen LogP contribution in [0.25, 0.3) is 0 Å². The Bertz CT molecular complexity index is 926. The van der Waals surface area contributed by atoms with Crippen molar-refractivity contribution in [1.29, 1.82) is 0 Å². The fourth-order valence-corrected chi connectivity index (χ4v) is 4.04. The molecule has 1 aliphatic heterocycles. The van der Waals surface area contributed by atoms with Gasteiger partial charge in [-0.3, -0.25) is 9.59 Å². The summed E-state index contributed by atoms with van der Waals surface area (Å²) in [7, 11) is -3.58. The first-order valence-corrected chi connectivity index (χ1v) is 9.19. The first kappa shape index (κ1) is 17.1. The molecule has 2 amide bonds. The normalized spacial score (nSPS) is 16.0. The fourth-order valence-electron chi connectivity index (χ4n) is 2.59. The zero-order valence-corrected chi connectivity index (χ0v) is 13.9. The fraction of sp³-hybridized carbons (Fsp3) is 0.176. The van der Waals surface area contributed by atoms with Crippen molar-refractivity contribution in [2.45, 2.75) is 11.3 Å². The second kappa shape index (κ2) is 6.64. The van der Waals surface area contributed by atoms with Gasteiger partial charge in [0.1, 0.15) is 12.4 Å². The minimum Gasteiger partial charge on any atom is -0.325 e. The zero-order chi connectivity index (χ0) is 18.0. The van der Waals surface area contributed by atoms with Crippen LogP contribution < -0.4 is 10.2 Å². The molecule has 2 aromatic carbocycles. The number of carbonyl (C=O) groups is 2. The van der Waals surface area contributed by atoms with E-state index in [9.17, 15) is 22.4 Å². The summed E-state index contributed by atoms with van der Waals surface area (Å²) in [6, 6.07) is 11.3. The van der Waals surface area contributed by atoms with Gasteiger partial charge in [-0.05, 0) is 36.4 Å². The van der Waals surface area contributed by atoms with Crippen LogP contribution in [0.1, 0.15) is 6.42 Å². The Balaban J connectivity index is 1.86. The van der Waals surface area contributed by atoms with Crippen molar-refractivity contribution < 1.29 is 22.4 Å². The van der Waals surface area contributed by atoms with Gasteiger partial charge >= 0.3 is 0 Å². The largest absolute Gasteiger partial charge is 0.325 e. The van der Waals surface area contributed by atoms with Crippen molar-refractivity contribution in [3.63, 3.8) is 0 Å². The number of fused-ring (bicyclic) bond motifs is 1. The van der Waals surface area contributed by atoms with Gasteiger partial charge in [-0.25, -0.2) is 12.8 Å². The average molecular weight is 362 g/mol. The minimum absolute atomic E-state index is 0.0374. The first-order chi connectivity index (χ1) is 11.9. The molecular weight excluding hydrogens is 347 g/mol. The van der Waals surface area contributed by atoms with Crippen LogP contribution >= 0.6 is 0 Å². The van der Waals surface area contributed by atoms with E-state index in [2.05, 4.69) is 5.32 Å². The van der Waals surface area contributed by atoms with E-state index < -0.39 is 27.5 Å². The summed E-state index contributed by atoms with van der Waals surface area (Å²) in [4.78, 5) is 25.8. The third kappa shape index (κ3) is 3.69. The zero-order valence-electron chi connectivity index (χ0n) is 13.1. The summed E-state index contributed by atoms with van der Waals surface area (Å²) in [6.45, 7) is -0.331. The van der Waals surface area contributed by atoms with Crippen molar-refractivity contribution >= 4 is 33.0 Å². The lowest BCUT2D eigenvalue weighted by Crippen LogP contribution is -2.37. The quantitative estimate of drug-likeness (QED) is 0.905. The third-order valence-corrected chi connectivity index (χ3v) is 5.56. The highest BCUT2D eigenvalue weighted by molar-refractivity contribution is 7.91. The lowest BCUT2D eigenvalue weighted by Gasteiger charge is -2.21. The molecule has 0 fully saturated rings. The van der Waals surface area contributed by atoms with E-state index in [1.165, 1.54) is 41.3 Å². The van der Waals surface area contributed by atoms with E-state index in [0.29, 0.717) is 5.69 Å². The lowest BCUT2D eigenvalue weighted by molar-refractivity contribution is -0.121. The maximum atomic E-state index is 12.9. The van der Waals surface area contributed by atoms with Gasteiger partial charge in [0.05, 0.1) is 16.3 Å². The Hall–Kier alpha value is -2.74. The molecule has 0 unspecified atom stereocenters. The van der Waals surface area contributed by atoms with Crippen molar-refractivity contribution in [1.82, 2.24) is 0 Å². The molecule has 8 heteroatoms. The molecule has 2 aromatic rings. The monoisotopic (exact) mass is 362 g/mol. The summed E-state index contributed by atoms with van der Waals surface area (Å²) < 4.78 is 37.5. The number of hydrogen-bond acceptors (Lipinski definition) is 4. The minimum atomic E-state index is -3.58. The van der Waals surface area contributed by atoms with Crippen molar-refractivity contribution in [3.8, 4) is 0 Å². The molecule has 25 heavy (non-hydrogen) atoms. The molecule has 0 bridgehead atoms. The molecule has 0 atom stereocenters. The highest BCUT2D eigenvalue weighted by Crippen LogP contribution is 2.30. The molecule has 1 N–H and O–H groups in total. The number of sulfone groups is 1. The molecule has 0 radical (unpaired) electrons. The van der Waals surface area contributed by atoms with Crippen molar-refractivity contribution in [3.05, 3.63) is 54.3 Å². The van der Waals surface area contributed by atoms with Gasteiger partial charge in [-0.15, -0.1) is 0 Å². The summed E-state index contributed by atoms with van der Waals surface area (Å²) in [5.41, 5.74) is 0.578. The van der Waals surface area contributed by atoms with Crippen LogP contribution in [-0.2, 0) is 19.4 Å². The maximum absolute atomic E-state index is 12.9. The Morgan fingerprint density at radius 1 is 1.12 bits per heavy atom. The maximum Gasteiger partial charge on any atom is 0.244 e. The van der Waals surface area contributed by atoms with Crippen LogP contribution in [0.15, 0.2) is 53.4 Å². The summed E-state index contributed by atoms with van der Waals surface area (Å²) >= 11 is 0. The second-order valence-electron chi connectivity index (χ2n) is 5.57. The van der Waals surface area contributed by atoms with E-state index in [1.54, 1.807) is 12.1 Å². The number of carbonyl (C=O) groups excluding carboxylic acids is 2. The smallest absolute Gasteiger partial charge is 0.244 e. The standard InChI is InChI=1S/C17H15FN2O4S/c18-12-5-7-13(8-6-12)19-16(21)11-20-14-3-1-2-4-15(14)25(23,24)10-9-17(20)22/h1-8H,9-11H2,(H,19,21). The predicted molar refractivity (Wildman–Crippen MR) is 90.5 cm³/mol. The summed E-state index contributed by atoms with van der Waals surface area (Å²) in [5.74, 6) is -1.67. The van der Waals surface area contributed by atoms with E-state index in [0.717, 1.165) is 0 Å². The molecule has 1 aliphatic rings. The predicted octanol–water partition coefficient (Wildman–Crippen LogP) is 1.97. The number of hydrogen-bond donors (Lipinski definition) is 1. The van der Waals surface area contributed by atoms with Crippen LogP contribution in [0, 0.1) is 5.82 Å². The number of anilines is 2. The highest BCUT2D eigenvalue weighted by atomic mass is 32.2. The number of nitrogens with one attached hydrogen (secondary N) is 1. The average Bonchev–Trinajstić information content (AvgIpc) is 2.68. The van der Waals surface area contributed by atoms with Crippen molar-refractivity contribution in [2.75, 3.05) is 22.5 Å². The number of rotatable bonds is 3. The molecule has 3 rings (SSSR count). The number of para-hydroxylation sites is 1. The number of amides is 2. The summed E-state index contributed by atoms with van der Waals surface area (Å²) in [6.07, 6.45) is -0.194. The van der Waals surface area contributed by atoms with Gasteiger partial charge < -0.3 is 10.2 Å². The third-order valence-electron chi connectivity index (χ3n) is 3.81. The Kier molecular flexibility index (Phi) is 4.54. The Morgan fingerprint density at radius 3 is 2.52 bits per heavy atom. The van der Waals surface area contributed by atoms with Crippen LogP contribution in [0.3, 0.4) is 0 Å². The molecule has 0 spiro atoms. The van der Waals surface area contributed by atoms with Crippen molar-refractivity contribution in [2.24, 2.45) is 0 Å². The molecule has 6 nitrogen and oxygen atoms in total. The number of benzene rings is 2. The van der Waals surface area contributed by atoms with Gasteiger partial charge in [-0.2, -0.15) is 0 Å². The molecule has 0 aliphatic carbocycles. The van der Waals surface area contributed by atoms with E-state index >= 15 is 0 Å². The van der Waals surface area contributed by atoms with Crippen LogP contribution in [0.2, 0.25) is 0 Å². The molecule has 130 valence electrons. The highest BCUT2D eigenvalue weighted by Gasteiger charge is 2.31. The molecule has 1 heterocycles. The summed E-state index contributed by atoms with van der Waals surface area (Å²) in [5, 5.41) is 2.56. The van der Waals surface area contributed by atoms with Crippen LogP contribution in [0.4, 0.5) is 15.8 Å². The lowest BCUT2D eigenvalue weighted by atomic mass is 10.2. The molecule has 0 aromatic heterocycles. The molecular formula is C17H15FN2O4S. The first-order valence-electron chi connectivity index (χ1n) is 7.54. The SMILES string of the molecule is O=C(CN1C(=O)CCS(=O)(=O)c2ccccc21)Nc1ccc(F)cc1. The van der Waals surface area contributed by atoms with Gasteiger partial charge in [0.2, 0.25) is 11.8 Å². The molecule has 0 saturated heterocycles. The van der Waals surface area contributed by atoms with Gasteiger partial charge in [0, 0.05) is 12.1 Å². The molecule has 0 saturated carbocycles. The topological polar surface area (TPSA) is 83.6 Å². The number of halogens is 1. The van der Waals surface area contributed by atoms with Crippen LogP contribution in [0.5, 0.6) is 0 Å². The number of nitrogens with zero attached hydrogens (tertiary/aromatic N) is 1. The van der Waals surface area contributed by atoms with E-state index in [-0.39, 0.29) is 29.3 Å². The van der Waals surface area contributed by atoms with Gasteiger partial charge in [0.25, 0.3) is 0 Å². The second-order valence-corrected chi connectivity index (χ2v) is 7.65. The van der Waals surface area contributed by atoms with Gasteiger partial charge in [-0.1, -0.05) is 12.1 Å². The van der Waals surface area contributed by atoms with E-state index in [4.69, 9.17) is 0 Å². The van der Waals surface area contributed by atoms with Crippen LogP contribution in [-0.4, -0.2) is 32.5 Å².